The summed E-state index contributed by atoms with van der Waals surface area (Å²) in [6, 6.07) is 23.7. The molecule has 0 N–H and O–H groups in total. The molecule has 0 spiro atoms. The van der Waals surface area contributed by atoms with Crippen molar-refractivity contribution in [2.24, 2.45) is 0 Å². The third kappa shape index (κ3) is 6.01. The summed E-state index contributed by atoms with van der Waals surface area (Å²) in [4.78, 5) is 0. The van der Waals surface area contributed by atoms with Gasteiger partial charge in [0.25, 0.3) is 0 Å². The summed E-state index contributed by atoms with van der Waals surface area (Å²) in [6.45, 7) is 8.19. The van der Waals surface area contributed by atoms with Crippen molar-refractivity contribution in [3.05, 3.63) is 88.9 Å². The Bertz CT molecular complexity index is 922. The van der Waals surface area contributed by atoms with Crippen LogP contribution in [0.4, 0.5) is 0 Å². The highest BCUT2D eigenvalue weighted by atomic mass is 35.5. The van der Waals surface area contributed by atoms with E-state index in [9.17, 15) is 0 Å². The van der Waals surface area contributed by atoms with Crippen LogP contribution < -0.4 is 9.47 Å². The molecular weight excluding hydrogens is 396 g/mol. The SMILES string of the molecule is CCOc1ccc(Oc2cccc(COCC(C)(CC)c3ccc(Cl)cc3)c2)cc1. The summed E-state index contributed by atoms with van der Waals surface area (Å²) in [7, 11) is 0. The van der Waals surface area contributed by atoms with E-state index >= 15 is 0 Å². The van der Waals surface area contributed by atoms with Crippen LogP contribution in [0.1, 0.15) is 38.3 Å². The lowest BCUT2D eigenvalue weighted by molar-refractivity contribution is 0.0747. The normalized spacial score (nSPS) is 12.9. The minimum Gasteiger partial charge on any atom is -0.494 e. The van der Waals surface area contributed by atoms with Gasteiger partial charge in [0.2, 0.25) is 0 Å². The average molecular weight is 425 g/mol. The maximum Gasteiger partial charge on any atom is 0.127 e. The first-order valence-corrected chi connectivity index (χ1v) is 10.7. The van der Waals surface area contributed by atoms with Crippen LogP contribution >= 0.6 is 11.6 Å². The van der Waals surface area contributed by atoms with Crippen molar-refractivity contribution in [1.29, 1.82) is 0 Å². The number of benzene rings is 3. The van der Waals surface area contributed by atoms with Crippen LogP contribution in [-0.4, -0.2) is 13.2 Å². The first-order chi connectivity index (χ1) is 14.5. The molecule has 1 unspecified atom stereocenters. The Morgan fingerprint density at radius 3 is 2.20 bits per heavy atom. The summed E-state index contributed by atoms with van der Waals surface area (Å²) in [5.41, 5.74) is 2.26. The topological polar surface area (TPSA) is 27.7 Å². The monoisotopic (exact) mass is 424 g/mol. The van der Waals surface area contributed by atoms with Crippen molar-refractivity contribution in [2.45, 2.75) is 39.2 Å². The van der Waals surface area contributed by atoms with Crippen molar-refractivity contribution in [3.8, 4) is 17.2 Å². The first-order valence-electron chi connectivity index (χ1n) is 10.4. The Hall–Kier alpha value is -2.49. The third-order valence-electron chi connectivity index (χ3n) is 5.28. The van der Waals surface area contributed by atoms with E-state index in [0.717, 1.165) is 34.3 Å². The fourth-order valence-electron chi connectivity index (χ4n) is 3.24. The molecular formula is C26H29ClO3. The Morgan fingerprint density at radius 1 is 0.833 bits per heavy atom. The minimum atomic E-state index is -0.0546. The maximum atomic E-state index is 6.10. The predicted molar refractivity (Wildman–Crippen MR) is 123 cm³/mol. The van der Waals surface area contributed by atoms with Gasteiger partial charge in [0.1, 0.15) is 17.2 Å². The molecule has 0 aromatic heterocycles. The minimum absolute atomic E-state index is 0.0546. The Kier molecular flexibility index (Phi) is 7.78. The Labute approximate surface area is 184 Å². The summed E-state index contributed by atoms with van der Waals surface area (Å²) >= 11 is 6.03. The molecule has 0 aliphatic rings. The second-order valence-electron chi connectivity index (χ2n) is 7.57. The summed E-state index contributed by atoms with van der Waals surface area (Å²) in [5.74, 6) is 2.40. The maximum absolute atomic E-state index is 6.10. The molecule has 0 bridgehead atoms. The van der Waals surface area contributed by atoms with Gasteiger partial charge in [-0.15, -0.1) is 0 Å². The number of halogens is 1. The van der Waals surface area contributed by atoms with Gasteiger partial charge in [-0.1, -0.05) is 49.7 Å². The number of ether oxygens (including phenoxy) is 3. The van der Waals surface area contributed by atoms with Gasteiger partial charge in [-0.25, -0.2) is 0 Å². The Morgan fingerprint density at radius 2 is 1.53 bits per heavy atom. The zero-order valence-corrected chi connectivity index (χ0v) is 18.6. The van der Waals surface area contributed by atoms with E-state index in [2.05, 4.69) is 32.0 Å². The quantitative estimate of drug-likeness (QED) is 0.339. The lowest BCUT2D eigenvalue weighted by atomic mass is 9.81. The zero-order chi connectivity index (χ0) is 21.4. The lowest BCUT2D eigenvalue weighted by Crippen LogP contribution is -2.27. The van der Waals surface area contributed by atoms with Gasteiger partial charge >= 0.3 is 0 Å². The smallest absolute Gasteiger partial charge is 0.127 e. The molecule has 4 heteroatoms. The van der Waals surface area contributed by atoms with Crippen LogP contribution in [0.15, 0.2) is 72.8 Å². The molecule has 0 heterocycles. The molecule has 158 valence electrons. The van der Waals surface area contributed by atoms with Crippen molar-refractivity contribution >= 4 is 11.6 Å². The van der Waals surface area contributed by atoms with E-state index in [0.29, 0.717) is 19.8 Å². The van der Waals surface area contributed by atoms with E-state index in [-0.39, 0.29) is 5.41 Å². The van der Waals surface area contributed by atoms with Crippen LogP contribution in [0.2, 0.25) is 5.02 Å². The molecule has 0 fully saturated rings. The van der Waals surface area contributed by atoms with Crippen LogP contribution in [0.25, 0.3) is 0 Å². The van der Waals surface area contributed by atoms with Gasteiger partial charge < -0.3 is 14.2 Å². The standard InChI is InChI=1S/C26H29ClO3/c1-4-26(3,21-9-11-22(27)12-10-21)19-28-18-20-7-6-8-25(17-20)30-24-15-13-23(14-16-24)29-5-2/h6-17H,4-5,18-19H2,1-3H3. The zero-order valence-electron chi connectivity index (χ0n) is 17.9. The molecule has 3 aromatic rings. The van der Waals surface area contributed by atoms with E-state index in [1.165, 1.54) is 5.56 Å². The summed E-state index contributed by atoms with van der Waals surface area (Å²) in [6.07, 6.45) is 0.982. The van der Waals surface area contributed by atoms with Crippen molar-refractivity contribution < 1.29 is 14.2 Å². The van der Waals surface area contributed by atoms with Gasteiger partial charge in [-0.3, -0.25) is 0 Å². The molecule has 0 saturated carbocycles. The summed E-state index contributed by atoms with van der Waals surface area (Å²) in [5, 5.41) is 0.752. The molecule has 0 aliphatic heterocycles. The molecule has 0 amide bonds. The molecule has 0 saturated heterocycles. The van der Waals surface area contributed by atoms with Gasteiger partial charge in [-0.2, -0.15) is 0 Å². The van der Waals surface area contributed by atoms with Crippen molar-refractivity contribution in [1.82, 2.24) is 0 Å². The van der Waals surface area contributed by atoms with Crippen molar-refractivity contribution in [2.75, 3.05) is 13.2 Å². The van der Waals surface area contributed by atoms with E-state index < -0.39 is 0 Å². The Balaban J connectivity index is 1.58. The highest BCUT2D eigenvalue weighted by Gasteiger charge is 2.24. The van der Waals surface area contributed by atoms with Crippen LogP contribution in [-0.2, 0) is 16.8 Å². The molecule has 0 aliphatic carbocycles. The number of hydrogen-bond acceptors (Lipinski definition) is 3. The van der Waals surface area contributed by atoms with Crippen LogP contribution in [0.3, 0.4) is 0 Å². The van der Waals surface area contributed by atoms with E-state index in [1.54, 1.807) is 0 Å². The molecule has 0 radical (unpaired) electrons. The molecule has 3 nitrogen and oxygen atoms in total. The molecule has 3 aromatic carbocycles. The van der Waals surface area contributed by atoms with Crippen LogP contribution in [0, 0.1) is 0 Å². The average Bonchev–Trinajstić information content (AvgIpc) is 2.76. The molecule has 1 atom stereocenters. The molecule has 3 rings (SSSR count). The van der Waals surface area contributed by atoms with Crippen LogP contribution in [0.5, 0.6) is 17.2 Å². The fourth-order valence-corrected chi connectivity index (χ4v) is 3.37. The highest BCUT2D eigenvalue weighted by molar-refractivity contribution is 6.30. The van der Waals surface area contributed by atoms with Crippen molar-refractivity contribution in [3.63, 3.8) is 0 Å². The number of hydrogen-bond donors (Lipinski definition) is 0. The van der Waals surface area contributed by atoms with E-state index in [4.69, 9.17) is 25.8 Å². The van der Waals surface area contributed by atoms with Gasteiger partial charge in [-0.05, 0) is 73.0 Å². The van der Waals surface area contributed by atoms with Gasteiger partial charge in [0, 0.05) is 10.4 Å². The summed E-state index contributed by atoms with van der Waals surface area (Å²) < 4.78 is 17.6. The van der Waals surface area contributed by atoms with Gasteiger partial charge in [0.05, 0.1) is 19.8 Å². The predicted octanol–water partition coefficient (Wildman–Crippen LogP) is 7.42. The lowest BCUT2D eigenvalue weighted by Gasteiger charge is -2.29. The highest BCUT2D eigenvalue weighted by Crippen LogP contribution is 2.30. The second-order valence-corrected chi connectivity index (χ2v) is 8.00. The fraction of sp³-hybridized carbons (Fsp3) is 0.308. The first kappa shape index (κ1) is 22.2. The molecule has 30 heavy (non-hydrogen) atoms. The number of rotatable bonds is 10. The second kappa shape index (κ2) is 10.5. The van der Waals surface area contributed by atoms with E-state index in [1.807, 2.05) is 61.5 Å². The largest absolute Gasteiger partial charge is 0.494 e. The third-order valence-corrected chi connectivity index (χ3v) is 5.53. The van der Waals surface area contributed by atoms with Gasteiger partial charge in [0.15, 0.2) is 0 Å².